The highest BCUT2D eigenvalue weighted by Gasteiger charge is 2.56. The summed E-state index contributed by atoms with van der Waals surface area (Å²) in [7, 11) is 0. The quantitative estimate of drug-likeness (QED) is 0.220. The third-order valence-corrected chi connectivity index (χ3v) is 3.61. The van der Waals surface area contributed by atoms with Crippen LogP contribution in [0, 0.1) is 0 Å². The van der Waals surface area contributed by atoms with Crippen LogP contribution in [0.1, 0.15) is 0 Å². The van der Waals surface area contributed by atoms with Gasteiger partial charge in [0.1, 0.15) is 48.3 Å². The van der Waals surface area contributed by atoms with E-state index in [1.165, 1.54) is 0 Å². The molecule has 8 atom stereocenters. The number of rotatable bonds is 6. The molecule has 1 saturated heterocycles. The molecule has 1 heterocycles. The number of carbonyl (C=O) groups is 1. The van der Waals surface area contributed by atoms with Crippen LogP contribution in [-0.2, 0) is 9.53 Å². The lowest BCUT2D eigenvalue weighted by atomic mass is 9.80. The summed E-state index contributed by atoms with van der Waals surface area (Å²) < 4.78 is 5.00. The highest BCUT2D eigenvalue weighted by atomic mass is 16.6. The minimum atomic E-state index is -2.71. The van der Waals surface area contributed by atoms with Gasteiger partial charge in [-0.05, 0) is 0 Å². The Kier molecular flexibility index (Phi) is 6.16. The first-order chi connectivity index (χ1) is 9.74. The van der Waals surface area contributed by atoms with E-state index < -0.39 is 61.5 Å². The summed E-state index contributed by atoms with van der Waals surface area (Å²) >= 11 is 0. The van der Waals surface area contributed by atoms with Crippen molar-refractivity contribution in [3.8, 4) is 0 Å². The summed E-state index contributed by atoms with van der Waals surface area (Å²) in [6.45, 7) is -2.02. The fraction of sp³-hybridized carbons (Fsp3) is 0.909. The van der Waals surface area contributed by atoms with Crippen molar-refractivity contribution in [3.05, 3.63) is 0 Å². The van der Waals surface area contributed by atoms with Crippen LogP contribution >= 0.6 is 0 Å². The predicted octanol–water partition coefficient (Wildman–Crippen LogP) is -5.53. The average molecular weight is 312 g/mol. The highest BCUT2D eigenvalue weighted by molar-refractivity contribution is 5.57. The maximum absolute atomic E-state index is 10.5. The van der Waals surface area contributed by atoms with Crippen molar-refractivity contribution in [3.63, 3.8) is 0 Å². The van der Waals surface area contributed by atoms with Crippen molar-refractivity contribution in [2.24, 2.45) is 0 Å². The minimum Gasteiger partial charge on any atom is -0.394 e. The number of aliphatic hydroxyl groups excluding tert-OH is 7. The normalized spacial score (nSPS) is 39.3. The van der Waals surface area contributed by atoms with E-state index in [0.29, 0.717) is 0 Å². The van der Waals surface area contributed by atoms with E-state index in [4.69, 9.17) is 9.84 Å². The van der Waals surface area contributed by atoms with E-state index in [-0.39, 0.29) is 6.29 Å². The van der Waals surface area contributed by atoms with Gasteiger partial charge < -0.3 is 50.4 Å². The van der Waals surface area contributed by atoms with Gasteiger partial charge in [-0.2, -0.15) is 0 Å². The van der Waals surface area contributed by atoms with Crippen molar-refractivity contribution in [1.29, 1.82) is 0 Å². The molecule has 10 heteroatoms. The molecule has 1 aliphatic heterocycles. The lowest BCUT2D eigenvalue weighted by molar-refractivity contribution is -0.295. The SMILES string of the molecule is O=C[C@H](O)[C@@H](O)[C@](O)(CO)[C@@H]1O[C@H](CO)[C@H](O)[C@H](O)[C@H]1O. The molecule has 21 heavy (non-hydrogen) atoms. The van der Waals surface area contributed by atoms with Gasteiger partial charge in [0.2, 0.25) is 0 Å². The zero-order chi connectivity index (χ0) is 16.4. The highest BCUT2D eigenvalue weighted by Crippen LogP contribution is 2.31. The molecule has 0 aliphatic carbocycles. The molecule has 0 amide bonds. The zero-order valence-electron chi connectivity index (χ0n) is 10.9. The second kappa shape index (κ2) is 7.05. The largest absolute Gasteiger partial charge is 0.394 e. The summed E-state index contributed by atoms with van der Waals surface area (Å²) in [6.07, 6.45) is -13.2. The van der Waals surface area contributed by atoms with E-state index in [1.807, 2.05) is 0 Å². The number of aldehydes is 1. The van der Waals surface area contributed by atoms with Crippen molar-refractivity contribution >= 4 is 6.29 Å². The van der Waals surface area contributed by atoms with Gasteiger partial charge in [-0.3, -0.25) is 0 Å². The molecule has 0 aromatic heterocycles. The molecule has 124 valence electrons. The molecular weight excluding hydrogens is 292 g/mol. The van der Waals surface area contributed by atoms with Crippen molar-refractivity contribution in [2.45, 2.75) is 48.3 Å². The average Bonchev–Trinajstić information content (AvgIpc) is 2.50. The molecule has 0 radical (unpaired) electrons. The zero-order valence-corrected chi connectivity index (χ0v) is 10.9. The summed E-state index contributed by atoms with van der Waals surface area (Å²) in [5.41, 5.74) is -2.71. The number of hydrogen-bond acceptors (Lipinski definition) is 10. The third kappa shape index (κ3) is 3.23. The second-order valence-corrected chi connectivity index (χ2v) is 4.97. The smallest absolute Gasteiger partial charge is 0.151 e. The number of aliphatic hydroxyl groups is 8. The van der Waals surface area contributed by atoms with Gasteiger partial charge in [0.05, 0.1) is 13.2 Å². The molecule has 0 unspecified atom stereocenters. The Morgan fingerprint density at radius 1 is 1.10 bits per heavy atom. The van der Waals surface area contributed by atoms with Crippen LogP contribution in [-0.4, -0.2) is 109 Å². The van der Waals surface area contributed by atoms with Crippen LogP contribution < -0.4 is 0 Å². The topological polar surface area (TPSA) is 188 Å². The standard InChI is InChI=1S/C11H20O10/c12-1-4(15)9(19)11(20,3-14)10-8(18)7(17)6(16)5(2-13)21-10/h1,4-10,13-20H,2-3H2/t4-,5+,6-,7-,8+,9+,10+,11+/m0/s1. The molecule has 0 spiro atoms. The molecule has 0 aromatic rings. The van der Waals surface area contributed by atoms with Crippen LogP contribution in [0.25, 0.3) is 0 Å². The molecule has 1 aliphatic rings. The van der Waals surface area contributed by atoms with Crippen LogP contribution in [0.3, 0.4) is 0 Å². The second-order valence-electron chi connectivity index (χ2n) is 4.97. The van der Waals surface area contributed by atoms with Crippen LogP contribution in [0.4, 0.5) is 0 Å². The molecule has 0 aromatic carbocycles. The minimum absolute atomic E-state index is 0.102. The lowest BCUT2D eigenvalue weighted by Crippen LogP contribution is -2.70. The summed E-state index contributed by atoms with van der Waals surface area (Å²) in [6, 6.07) is 0. The Bertz CT molecular complexity index is 350. The van der Waals surface area contributed by atoms with Crippen LogP contribution in [0.5, 0.6) is 0 Å². The molecule has 8 N–H and O–H groups in total. The maximum Gasteiger partial charge on any atom is 0.151 e. The first-order valence-corrected chi connectivity index (χ1v) is 6.19. The Labute approximate surface area is 119 Å². The summed E-state index contributed by atoms with van der Waals surface area (Å²) in [5, 5.41) is 76.5. The van der Waals surface area contributed by atoms with Crippen molar-refractivity contribution in [1.82, 2.24) is 0 Å². The fourth-order valence-corrected chi connectivity index (χ4v) is 2.24. The molecule has 0 saturated carbocycles. The summed E-state index contributed by atoms with van der Waals surface area (Å²) in [4.78, 5) is 10.5. The summed E-state index contributed by atoms with van der Waals surface area (Å²) in [5.74, 6) is 0. The number of carbonyl (C=O) groups excluding carboxylic acids is 1. The molecular formula is C11H20O10. The van der Waals surface area contributed by atoms with E-state index in [9.17, 15) is 40.5 Å². The van der Waals surface area contributed by atoms with Gasteiger partial charge in [0, 0.05) is 0 Å². The van der Waals surface area contributed by atoms with Gasteiger partial charge in [-0.15, -0.1) is 0 Å². The van der Waals surface area contributed by atoms with Gasteiger partial charge in [-0.1, -0.05) is 0 Å². The van der Waals surface area contributed by atoms with Gasteiger partial charge in [-0.25, -0.2) is 0 Å². The van der Waals surface area contributed by atoms with Crippen LogP contribution in [0.2, 0.25) is 0 Å². The maximum atomic E-state index is 10.5. The number of hydrogen-bond donors (Lipinski definition) is 8. The van der Waals surface area contributed by atoms with Crippen molar-refractivity contribution in [2.75, 3.05) is 13.2 Å². The molecule has 0 bridgehead atoms. The van der Waals surface area contributed by atoms with Gasteiger partial charge in [0.15, 0.2) is 6.29 Å². The lowest BCUT2D eigenvalue weighted by Gasteiger charge is -2.47. The van der Waals surface area contributed by atoms with Crippen molar-refractivity contribution < 1.29 is 50.4 Å². The van der Waals surface area contributed by atoms with Gasteiger partial charge in [0.25, 0.3) is 0 Å². The first-order valence-electron chi connectivity index (χ1n) is 6.19. The van der Waals surface area contributed by atoms with Crippen LogP contribution in [0.15, 0.2) is 0 Å². The Hall–Kier alpha value is -0.690. The molecule has 1 rings (SSSR count). The van der Waals surface area contributed by atoms with Gasteiger partial charge >= 0.3 is 0 Å². The monoisotopic (exact) mass is 312 g/mol. The van der Waals surface area contributed by atoms with E-state index >= 15 is 0 Å². The van der Waals surface area contributed by atoms with E-state index in [0.717, 1.165) is 0 Å². The van der Waals surface area contributed by atoms with E-state index in [2.05, 4.69) is 0 Å². The molecule has 1 fully saturated rings. The molecule has 10 nitrogen and oxygen atoms in total. The predicted molar refractivity (Wildman–Crippen MR) is 63.9 cm³/mol. The Morgan fingerprint density at radius 2 is 1.67 bits per heavy atom. The first kappa shape index (κ1) is 18.4. The third-order valence-electron chi connectivity index (χ3n) is 3.61. The number of ether oxygens (including phenoxy) is 1. The fourth-order valence-electron chi connectivity index (χ4n) is 2.24. The Morgan fingerprint density at radius 3 is 2.10 bits per heavy atom. The Balaban J connectivity index is 3.10. The van der Waals surface area contributed by atoms with E-state index in [1.54, 1.807) is 0 Å².